The molecule has 1 aliphatic rings. The molecule has 100 valence electrons. The maximum atomic E-state index is 5.46. The van der Waals surface area contributed by atoms with E-state index >= 15 is 0 Å². The van der Waals surface area contributed by atoms with E-state index in [9.17, 15) is 0 Å². The predicted octanol–water partition coefficient (Wildman–Crippen LogP) is 3.71. The standard InChI is InChI=1S/C15H23NOS/c1-3-17-13-6-10-15(11-7-13)18-14-8-4-12(16-2)5-9-14/h6-7,10-12,14,16H,3-5,8-9H2,1-2H3. The van der Waals surface area contributed by atoms with Crippen molar-refractivity contribution in [3.8, 4) is 5.75 Å². The molecule has 0 saturated heterocycles. The van der Waals surface area contributed by atoms with Crippen molar-refractivity contribution in [2.24, 2.45) is 0 Å². The fourth-order valence-electron chi connectivity index (χ4n) is 2.44. The van der Waals surface area contributed by atoms with Gasteiger partial charge in [-0.1, -0.05) is 0 Å². The SMILES string of the molecule is CCOc1ccc(SC2CCC(NC)CC2)cc1. The highest BCUT2D eigenvalue weighted by molar-refractivity contribution is 8.00. The molecular weight excluding hydrogens is 242 g/mol. The molecule has 0 atom stereocenters. The van der Waals surface area contributed by atoms with E-state index in [-0.39, 0.29) is 0 Å². The summed E-state index contributed by atoms with van der Waals surface area (Å²) in [5.41, 5.74) is 0. The van der Waals surface area contributed by atoms with Crippen LogP contribution in [0.1, 0.15) is 32.6 Å². The molecule has 3 heteroatoms. The van der Waals surface area contributed by atoms with Gasteiger partial charge in [0, 0.05) is 16.2 Å². The third-order valence-electron chi connectivity index (χ3n) is 3.52. The van der Waals surface area contributed by atoms with Gasteiger partial charge in [0.25, 0.3) is 0 Å². The van der Waals surface area contributed by atoms with Gasteiger partial charge in [-0.05, 0) is 63.9 Å². The zero-order valence-electron chi connectivity index (χ0n) is 11.3. The van der Waals surface area contributed by atoms with E-state index in [2.05, 4.69) is 36.6 Å². The largest absolute Gasteiger partial charge is 0.494 e. The molecule has 18 heavy (non-hydrogen) atoms. The average molecular weight is 265 g/mol. The first-order chi connectivity index (χ1) is 8.81. The summed E-state index contributed by atoms with van der Waals surface area (Å²) in [5, 5.41) is 4.17. The maximum Gasteiger partial charge on any atom is 0.119 e. The first-order valence-corrected chi connectivity index (χ1v) is 7.76. The summed E-state index contributed by atoms with van der Waals surface area (Å²) in [7, 11) is 2.07. The topological polar surface area (TPSA) is 21.3 Å². The van der Waals surface area contributed by atoms with Crippen LogP contribution in [0.2, 0.25) is 0 Å². The van der Waals surface area contributed by atoms with Crippen LogP contribution in [0.4, 0.5) is 0 Å². The van der Waals surface area contributed by atoms with Crippen LogP contribution in [0.5, 0.6) is 5.75 Å². The Labute approximate surface area is 114 Å². The molecule has 0 heterocycles. The van der Waals surface area contributed by atoms with Crippen molar-refractivity contribution in [2.45, 2.75) is 48.8 Å². The highest BCUT2D eigenvalue weighted by Gasteiger charge is 2.20. The molecule has 0 amide bonds. The van der Waals surface area contributed by atoms with Gasteiger partial charge in [0.1, 0.15) is 5.75 Å². The van der Waals surface area contributed by atoms with E-state index < -0.39 is 0 Å². The summed E-state index contributed by atoms with van der Waals surface area (Å²) in [5.74, 6) is 0.973. The van der Waals surface area contributed by atoms with Gasteiger partial charge in [0.2, 0.25) is 0 Å². The summed E-state index contributed by atoms with van der Waals surface area (Å²) in [6.45, 7) is 2.75. The number of nitrogens with one attached hydrogen (secondary N) is 1. The third-order valence-corrected chi connectivity index (χ3v) is 4.87. The van der Waals surface area contributed by atoms with Crippen LogP contribution in [0.3, 0.4) is 0 Å². The summed E-state index contributed by atoms with van der Waals surface area (Å²) in [6.07, 6.45) is 5.27. The zero-order valence-corrected chi connectivity index (χ0v) is 12.1. The zero-order chi connectivity index (χ0) is 12.8. The molecule has 0 unspecified atom stereocenters. The molecular formula is C15H23NOS. The van der Waals surface area contributed by atoms with Gasteiger partial charge in [-0.2, -0.15) is 0 Å². The first-order valence-electron chi connectivity index (χ1n) is 6.88. The van der Waals surface area contributed by atoms with Crippen LogP contribution in [0, 0.1) is 0 Å². The molecule has 2 nitrogen and oxygen atoms in total. The van der Waals surface area contributed by atoms with E-state index in [1.165, 1.54) is 30.6 Å². The van der Waals surface area contributed by atoms with Gasteiger partial charge in [0.05, 0.1) is 6.61 Å². The smallest absolute Gasteiger partial charge is 0.119 e. The molecule has 0 bridgehead atoms. The molecule has 0 spiro atoms. The first kappa shape index (κ1) is 13.8. The molecule has 1 aromatic rings. The molecule has 1 fully saturated rings. The average Bonchev–Trinajstić information content (AvgIpc) is 2.42. The lowest BCUT2D eigenvalue weighted by atomic mass is 9.95. The quantitative estimate of drug-likeness (QED) is 0.877. The number of ether oxygens (including phenoxy) is 1. The minimum absolute atomic E-state index is 0.737. The lowest BCUT2D eigenvalue weighted by molar-refractivity contribution is 0.340. The minimum atomic E-state index is 0.737. The lowest BCUT2D eigenvalue weighted by Gasteiger charge is -2.27. The van der Waals surface area contributed by atoms with Gasteiger partial charge in [0.15, 0.2) is 0 Å². The van der Waals surface area contributed by atoms with Gasteiger partial charge in [-0.15, -0.1) is 11.8 Å². The molecule has 0 aromatic heterocycles. The van der Waals surface area contributed by atoms with Gasteiger partial charge in [-0.3, -0.25) is 0 Å². The monoisotopic (exact) mass is 265 g/mol. The van der Waals surface area contributed by atoms with Crippen LogP contribution >= 0.6 is 11.8 Å². The van der Waals surface area contributed by atoms with Crippen molar-refractivity contribution in [1.82, 2.24) is 5.32 Å². The van der Waals surface area contributed by atoms with E-state index in [0.29, 0.717) is 0 Å². The van der Waals surface area contributed by atoms with Crippen LogP contribution in [-0.2, 0) is 0 Å². The molecule has 1 N–H and O–H groups in total. The Morgan fingerprint density at radius 3 is 2.39 bits per heavy atom. The van der Waals surface area contributed by atoms with Crippen molar-refractivity contribution in [2.75, 3.05) is 13.7 Å². The Kier molecular flexibility index (Phi) is 5.39. The van der Waals surface area contributed by atoms with Gasteiger partial charge >= 0.3 is 0 Å². The molecule has 0 radical (unpaired) electrons. The van der Waals surface area contributed by atoms with Crippen LogP contribution in [0.25, 0.3) is 0 Å². The van der Waals surface area contributed by atoms with Crippen LogP contribution in [0.15, 0.2) is 29.2 Å². The highest BCUT2D eigenvalue weighted by atomic mass is 32.2. The Balaban J connectivity index is 1.82. The summed E-state index contributed by atoms with van der Waals surface area (Å²) < 4.78 is 5.46. The van der Waals surface area contributed by atoms with Crippen LogP contribution < -0.4 is 10.1 Å². The molecule has 1 saturated carbocycles. The van der Waals surface area contributed by atoms with Crippen LogP contribution in [-0.4, -0.2) is 24.9 Å². The number of hydrogen-bond acceptors (Lipinski definition) is 3. The Morgan fingerprint density at radius 2 is 1.83 bits per heavy atom. The van der Waals surface area contributed by atoms with E-state index in [1.807, 2.05) is 18.7 Å². The Morgan fingerprint density at radius 1 is 1.17 bits per heavy atom. The summed E-state index contributed by atoms with van der Waals surface area (Å²) in [6, 6.07) is 9.25. The van der Waals surface area contributed by atoms with E-state index in [1.54, 1.807) is 0 Å². The lowest BCUT2D eigenvalue weighted by Crippen LogP contribution is -2.30. The second-order valence-corrected chi connectivity index (χ2v) is 6.16. The summed E-state index contributed by atoms with van der Waals surface area (Å²) in [4.78, 5) is 1.37. The minimum Gasteiger partial charge on any atom is -0.494 e. The van der Waals surface area contributed by atoms with Crippen molar-refractivity contribution in [1.29, 1.82) is 0 Å². The van der Waals surface area contributed by atoms with Crippen molar-refractivity contribution in [3.05, 3.63) is 24.3 Å². The number of hydrogen-bond donors (Lipinski definition) is 1. The third kappa shape index (κ3) is 3.92. The number of benzene rings is 1. The predicted molar refractivity (Wildman–Crippen MR) is 78.6 cm³/mol. The molecule has 1 aliphatic carbocycles. The van der Waals surface area contributed by atoms with Crippen molar-refractivity contribution < 1.29 is 4.74 Å². The fourth-order valence-corrected chi connectivity index (χ4v) is 3.63. The van der Waals surface area contributed by atoms with Gasteiger partial charge < -0.3 is 10.1 Å². The Bertz CT molecular complexity index is 344. The second kappa shape index (κ2) is 7.05. The summed E-state index contributed by atoms with van der Waals surface area (Å²) >= 11 is 2.02. The second-order valence-electron chi connectivity index (χ2n) is 4.78. The normalized spacial score (nSPS) is 23.9. The Hall–Kier alpha value is -0.670. The van der Waals surface area contributed by atoms with E-state index in [4.69, 9.17) is 4.74 Å². The fraction of sp³-hybridized carbons (Fsp3) is 0.600. The van der Waals surface area contributed by atoms with Crippen molar-refractivity contribution >= 4 is 11.8 Å². The molecule has 1 aromatic carbocycles. The number of rotatable bonds is 5. The highest BCUT2D eigenvalue weighted by Crippen LogP contribution is 2.34. The maximum absolute atomic E-state index is 5.46. The molecule has 0 aliphatic heterocycles. The van der Waals surface area contributed by atoms with Gasteiger partial charge in [-0.25, -0.2) is 0 Å². The van der Waals surface area contributed by atoms with Crippen molar-refractivity contribution in [3.63, 3.8) is 0 Å². The van der Waals surface area contributed by atoms with E-state index in [0.717, 1.165) is 23.6 Å². The molecule has 2 rings (SSSR count). The number of thioether (sulfide) groups is 1.